The minimum atomic E-state index is -0.329. The van der Waals surface area contributed by atoms with Crippen LogP contribution in [0.3, 0.4) is 0 Å². The summed E-state index contributed by atoms with van der Waals surface area (Å²) in [5.41, 5.74) is 1.18. The fraction of sp³-hybridized carbons (Fsp3) is 0.429. The maximum atomic E-state index is 13.1. The van der Waals surface area contributed by atoms with Crippen LogP contribution in [0.15, 0.2) is 29.1 Å². The molecule has 2 N–H and O–H groups in total. The number of benzene rings is 1. The highest BCUT2D eigenvalue weighted by Crippen LogP contribution is 2.25. The van der Waals surface area contributed by atoms with Gasteiger partial charge < -0.3 is 4.90 Å². The van der Waals surface area contributed by atoms with Crippen molar-refractivity contribution in [1.82, 2.24) is 14.8 Å². The topological polar surface area (TPSA) is 81.3 Å². The monoisotopic (exact) mass is 412 g/mol. The van der Waals surface area contributed by atoms with Gasteiger partial charge in [0.25, 0.3) is 11.5 Å². The Morgan fingerprint density at radius 2 is 2.07 bits per heavy atom. The maximum absolute atomic E-state index is 13.1. The second kappa shape index (κ2) is 8.04. The van der Waals surface area contributed by atoms with Crippen molar-refractivity contribution >= 4 is 33.1 Å². The van der Waals surface area contributed by atoms with E-state index in [2.05, 4.69) is 22.3 Å². The third kappa shape index (κ3) is 3.95. The van der Waals surface area contributed by atoms with Crippen LogP contribution in [0.4, 0.5) is 5.13 Å². The number of thiazole rings is 1. The lowest BCUT2D eigenvalue weighted by Gasteiger charge is -2.20. The van der Waals surface area contributed by atoms with Crippen LogP contribution >= 0.6 is 11.3 Å². The smallest absolute Gasteiger partial charge is 0.278 e. The Kier molecular flexibility index (Phi) is 5.47. The molecule has 3 heterocycles. The molecule has 1 amide bonds. The van der Waals surface area contributed by atoms with Crippen LogP contribution < -0.4 is 15.8 Å². The lowest BCUT2D eigenvalue weighted by atomic mass is 10.1. The predicted octanol–water partition coefficient (Wildman–Crippen LogP) is 1.72. The molecule has 2 aromatic heterocycles. The first-order chi connectivity index (χ1) is 14.0. The predicted molar refractivity (Wildman–Crippen MR) is 115 cm³/mol. The fourth-order valence-electron chi connectivity index (χ4n) is 3.71. The zero-order chi connectivity index (χ0) is 20.5. The summed E-state index contributed by atoms with van der Waals surface area (Å²) in [7, 11) is 0. The summed E-state index contributed by atoms with van der Waals surface area (Å²) in [6, 6.07) is 7.14. The van der Waals surface area contributed by atoms with Gasteiger partial charge in [0.1, 0.15) is 6.54 Å². The number of amides is 1. The average molecular weight is 413 g/mol. The molecular formula is C21H26N5O2S+. The molecule has 0 aliphatic carbocycles. The molecule has 1 unspecified atom stereocenters. The Balaban J connectivity index is 1.68. The van der Waals surface area contributed by atoms with Gasteiger partial charge in [-0.2, -0.15) is 5.10 Å². The van der Waals surface area contributed by atoms with Crippen molar-refractivity contribution in [2.75, 3.05) is 18.4 Å². The summed E-state index contributed by atoms with van der Waals surface area (Å²) >= 11 is 1.54. The SMILES string of the molecule is CC[NH+]1CCc2nc(NC(=O)c3nn(CC(C)C)c(=O)c4ccccc34)sc2C1. The largest absolute Gasteiger partial charge is 0.330 e. The number of carbonyl (C=O) groups excluding carboxylic acids is 1. The summed E-state index contributed by atoms with van der Waals surface area (Å²) in [4.78, 5) is 33.2. The average Bonchev–Trinajstić information content (AvgIpc) is 3.11. The van der Waals surface area contributed by atoms with Crippen LogP contribution in [0.2, 0.25) is 0 Å². The van der Waals surface area contributed by atoms with Crippen molar-refractivity contribution in [3.8, 4) is 0 Å². The van der Waals surface area contributed by atoms with Crippen LogP contribution in [0, 0.1) is 5.92 Å². The number of nitrogens with one attached hydrogen (secondary N) is 2. The molecule has 0 bridgehead atoms. The standard InChI is InChI=1S/C21H25N5O2S/c1-4-25-10-9-16-17(12-25)29-21(22-16)23-19(27)18-14-7-5-6-8-15(14)20(28)26(24-18)11-13(2)3/h5-8,13H,4,9-12H2,1-3H3,(H,22,23,27)/p+1. The van der Waals surface area contributed by atoms with Crippen molar-refractivity contribution in [3.63, 3.8) is 0 Å². The van der Waals surface area contributed by atoms with Crippen molar-refractivity contribution in [2.45, 2.75) is 40.3 Å². The first kappa shape index (κ1) is 19.7. The van der Waals surface area contributed by atoms with Crippen LogP contribution in [-0.2, 0) is 19.5 Å². The number of rotatable bonds is 5. The van der Waals surface area contributed by atoms with Crippen molar-refractivity contribution < 1.29 is 9.69 Å². The minimum Gasteiger partial charge on any atom is -0.330 e. The zero-order valence-electron chi connectivity index (χ0n) is 17.0. The second-order valence-electron chi connectivity index (χ2n) is 7.90. The Morgan fingerprint density at radius 3 is 2.79 bits per heavy atom. The summed E-state index contributed by atoms with van der Waals surface area (Å²) in [6.07, 6.45) is 0.936. The van der Waals surface area contributed by atoms with Gasteiger partial charge >= 0.3 is 0 Å². The molecule has 1 aliphatic heterocycles. The quantitative estimate of drug-likeness (QED) is 0.669. The van der Waals surface area contributed by atoms with Gasteiger partial charge in [-0.15, -0.1) is 0 Å². The van der Waals surface area contributed by atoms with E-state index < -0.39 is 0 Å². The Labute approximate surface area is 173 Å². The van der Waals surface area contributed by atoms with Gasteiger partial charge in [0.15, 0.2) is 10.8 Å². The molecule has 0 fully saturated rings. The van der Waals surface area contributed by atoms with Crippen LogP contribution in [0.5, 0.6) is 0 Å². The molecule has 29 heavy (non-hydrogen) atoms. The molecule has 8 heteroatoms. The minimum absolute atomic E-state index is 0.168. The highest BCUT2D eigenvalue weighted by molar-refractivity contribution is 7.15. The Bertz CT molecular complexity index is 1120. The summed E-state index contributed by atoms with van der Waals surface area (Å²) in [6.45, 7) is 9.81. The molecule has 0 radical (unpaired) electrons. The van der Waals surface area contributed by atoms with Gasteiger partial charge in [0.05, 0.1) is 29.0 Å². The van der Waals surface area contributed by atoms with Crippen LogP contribution in [0.25, 0.3) is 10.8 Å². The van der Waals surface area contributed by atoms with E-state index in [0.29, 0.717) is 22.4 Å². The van der Waals surface area contributed by atoms with E-state index in [0.717, 1.165) is 31.7 Å². The number of nitrogens with zero attached hydrogens (tertiary/aromatic N) is 3. The third-order valence-corrected chi connectivity index (χ3v) is 6.26. The van der Waals surface area contributed by atoms with E-state index >= 15 is 0 Å². The van der Waals surface area contributed by atoms with E-state index in [1.165, 1.54) is 14.5 Å². The van der Waals surface area contributed by atoms with Crippen molar-refractivity contribution in [2.24, 2.45) is 5.92 Å². The molecule has 4 rings (SSSR count). The molecule has 3 aromatic rings. The van der Waals surface area contributed by atoms with Gasteiger partial charge in [0, 0.05) is 18.4 Å². The van der Waals surface area contributed by atoms with E-state index in [4.69, 9.17) is 0 Å². The molecule has 1 atom stereocenters. The van der Waals surface area contributed by atoms with Gasteiger partial charge in [0.2, 0.25) is 0 Å². The molecule has 7 nitrogen and oxygen atoms in total. The number of hydrogen-bond acceptors (Lipinski definition) is 5. The fourth-order valence-corrected chi connectivity index (χ4v) is 4.79. The van der Waals surface area contributed by atoms with Crippen molar-refractivity contribution in [3.05, 3.63) is 50.9 Å². The van der Waals surface area contributed by atoms with E-state index in [1.54, 1.807) is 23.5 Å². The number of anilines is 1. The van der Waals surface area contributed by atoms with E-state index in [1.807, 2.05) is 26.0 Å². The first-order valence-corrected chi connectivity index (χ1v) is 10.9. The number of hydrogen-bond donors (Lipinski definition) is 2. The Morgan fingerprint density at radius 1 is 1.31 bits per heavy atom. The van der Waals surface area contributed by atoms with Gasteiger partial charge in [-0.3, -0.25) is 14.9 Å². The lowest BCUT2D eigenvalue weighted by Crippen LogP contribution is -3.11. The second-order valence-corrected chi connectivity index (χ2v) is 8.98. The lowest BCUT2D eigenvalue weighted by molar-refractivity contribution is -0.913. The highest BCUT2D eigenvalue weighted by atomic mass is 32.1. The van der Waals surface area contributed by atoms with Crippen LogP contribution in [0.1, 0.15) is 41.8 Å². The number of likely N-dealkylation sites (N-methyl/N-ethyl adjacent to an activating group) is 1. The highest BCUT2D eigenvalue weighted by Gasteiger charge is 2.24. The summed E-state index contributed by atoms with van der Waals surface area (Å²) < 4.78 is 1.40. The van der Waals surface area contributed by atoms with Crippen molar-refractivity contribution in [1.29, 1.82) is 0 Å². The maximum Gasteiger partial charge on any atom is 0.278 e. The molecule has 1 aromatic carbocycles. The number of aromatic nitrogens is 3. The summed E-state index contributed by atoms with van der Waals surface area (Å²) in [5.74, 6) is -0.0866. The first-order valence-electron chi connectivity index (χ1n) is 10.1. The zero-order valence-corrected chi connectivity index (χ0v) is 17.8. The molecule has 0 saturated heterocycles. The van der Waals surface area contributed by atoms with Gasteiger partial charge in [-0.25, -0.2) is 9.67 Å². The number of carbonyl (C=O) groups is 1. The third-order valence-electron chi connectivity index (χ3n) is 5.25. The van der Waals surface area contributed by atoms with Crippen LogP contribution in [-0.4, -0.2) is 33.8 Å². The molecule has 1 aliphatic rings. The van der Waals surface area contributed by atoms with E-state index in [9.17, 15) is 9.59 Å². The molecule has 0 spiro atoms. The number of fused-ring (bicyclic) bond motifs is 2. The number of quaternary nitrogens is 1. The molecule has 152 valence electrons. The van der Waals surface area contributed by atoms with E-state index in [-0.39, 0.29) is 23.1 Å². The Hall–Kier alpha value is -2.58. The molecule has 0 saturated carbocycles. The van der Waals surface area contributed by atoms with Gasteiger partial charge in [-0.1, -0.05) is 43.4 Å². The normalized spacial score (nSPS) is 16.2. The van der Waals surface area contributed by atoms with Gasteiger partial charge in [-0.05, 0) is 18.9 Å². The summed E-state index contributed by atoms with van der Waals surface area (Å²) in [5, 5.41) is 9.01. The molecular weight excluding hydrogens is 386 g/mol.